The Morgan fingerprint density at radius 3 is 2.58 bits per heavy atom. The van der Waals surface area contributed by atoms with Crippen LogP contribution in [0.25, 0.3) is 0 Å². The summed E-state index contributed by atoms with van der Waals surface area (Å²) >= 11 is 0. The van der Waals surface area contributed by atoms with Crippen molar-refractivity contribution in [2.45, 2.75) is 33.6 Å². The second kappa shape index (κ2) is 7.56. The third-order valence-electron chi connectivity index (χ3n) is 2.31. The van der Waals surface area contributed by atoms with Gasteiger partial charge in [0.05, 0.1) is 0 Å². The van der Waals surface area contributed by atoms with Crippen LogP contribution in [0.15, 0.2) is 0 Å². The molecular weight excluding hydrogens is 150 g/mol. The molecule has 1 N–H and O–H groups in total. The van der Waals surface area contributed by atoms with Crippen molar-refractivity contribution in [2.75, 3.05) is 26.2 Å². The summed E-state index contributed by atoms with van der Waals surface area (Å²) in [6, 6.07) is 0. The van der Waals surface area contributed by atoms with Gasteiger partial charge in [0.1, 0.15) is 0 Å². The highest BCUT2D eigenvalue weighted by atomic mass is 16.3. The predicted octanol–water partition coefficient (Wildman–Crippen LogP) is 1.74. The Balaban J connectivity index is 0.000000561. The van der Waals surface area contributed by atoms with Crippen molar-refractivity contribution < 1.29 is 5.11 Å². The summed E-state index contributed by atoms with van der Waals surface area (Å²) in [6.45, 7) is 10.0. The average molecular weight is 173 g/mol. The normalized spacial score (nSPS) is 24.5. The molecule has 0 bridgehead atoms. The number of nitrogens with zero attached hydrogens (tertiary/aromatic N) is 1. The Kier molecular flexibility index (Phi) is 7.51. The molecule has 0 saturated carbocycles. The van der Waals surface area contributed by atoms with E-state index < -0.39 is 0 Å². The fraction of sp³-hybridized carbons (Fsp3) is 1.00. The van der Waals surface area contributed by atoms with E-state index in [-0.39, 0.29) is 0 Å². The molecule has 1 heterocycles. The molecule has 0 amide bonds. The second-order valence-corrected chi connectivity index (χ2v) is 3.08. The maximum absolute atomic E-state index is 8.88. The van der Waals surface area contributed by atoms with E-state index in [2.05, 4.69) is 11.8 Å². The molecule has 1 fully saturated rings. The fourth-order valence-corrected chi connectivity index (χ4v) is 1.59. The first-order valence-electron chi connectivity index (χ1n) is 5.20. The number of piperidine rings is 1. The van der Waals surface area contributed by atoms with Gasteiger partial charge in [-0.2, -0.15) is 0 Å². The summed E-state index contributed by atoms with van der Waals surface area (Å²) < 4.78 is 0. The van der Waals surface area contributed by atoms with Crippen LogP contribution in [0.3, 0.4) is 0 Å². The third kappa shape index (κ3) is 4.07. The van der Waals surface area contributed by atoms with E-state index >= 15 is 0 Å². The van der Waals surface area contributed by atoms with Crippen LogP contribution < -0.4 is 0 Å². The molecule has 2 heteroatoms. The molecule has 0 spiro atoms. The summed E-state index contributed by atoms with van der Waals surface area (Å²) in [6.07, 6.45) is 2.48. The fourth-order valence-electron chi connectivity index (χ4n) is 1.59. The zero-order chi connectivity index (χ0) is 9.40. The topological polar surface area (TPSA) is 23.5 Å². The van der Waals surface area contributed by atoms with Gasteiger partial charge < -0.3 is 10.0 Å². The first kappa shape index (κ1) is 11.9. The summed E-state index contributed by atoms with van der Waals surface area (Å²) in [7, 11) is 0. The van der Waals surface area contributed by atoms with Crippen LogP contribution >= 0.6 is 0 Å². The summed E-state index contributed by atoms with van der Waals surface area (Å²) in [5.74, 6) is 0.550. The zero-order valence-corrected chi connectivity index (χ0v) is 8.71. The largest absolute Gasteiger partial charge is 0.396 e. The highest BCUT2D eigenvalue weighted by Crippen LogP contribution is 2.14. The lowest BCUT2D eigenvalue weighted by atomic mass is 9.99. The van der Waals surface area contributed by atoms with E-state index in [0.29, 0.717) is 12.5 Å². The number of hydrogen-bond acceptors (Lipinski definition) is 2. The van der Waals surface area contributed by atoms with E-state index in [1.807, 2.05) is 13.8 Å². The van der Waals surface area contributed by atoms with E-state index in [1.54, 1.807) is 0 Å². The lowest BCUT2D eigenvalue weighted by molar-refractivity contribution is 0.125. The van der Waals surface area contributed by atoms with Crippen molar-refractivity contribution in [3.8, 4) is 0 Å². The molecule has 1 saturated heterocycles. The van der Waals surface area contributed by atoms with E-state index in [1.165, 1.54) is 19.4 Å². The molecular formula is C10H23NO. The van der Waals surface area contributed by atoms with E-state index in [9.17, 15) is 0 Å². The molecule has 0 radical (unpaired) electrons. The third-order valence-corrected chi connectivity index (χ3v) is 2.31. The monoisotopic (exact) mass is 173 g/mol. The standard InChI is InChI=1S/C8H17NO.C2H6/c1-2-9-5-3-4-8(6-9)7-10;1-2/h8,10H,2-7H2,1H3;1-2H3. The molecule has 0 aromatic carbocycles. The van der Waals surface area contributed by atoms with Crippen molar-refractivity contribution in [1.82, 2.24) is 4.90 Å². The Morgan fingerprint density at radius 2 is 2.08 bits per heavy atom. The number of rotatable bonds is 2. The minimum Gasteiger partial charge on any atom is -0.396 e. The van der Waals surface area contributed by atoms with Crippen molar-refractivity contribution in [3.05, 3.63) is 0 Å². The Hall–Kier alpha value is -0.0800. The first-order chi connectivity index (χ1) is 5.86. The van der Waals surface area contributed by atoms with Gasteiger partial charge in [-0.05, 0) is 31.8 Å². The van der Waals surface area contributed by atoms with E-state index in [0.717, 1.165) is 13.1 Å². The lowest BCUT2D eigenvalue weighted by Crippen LogP contribution is -2.36. The number of aliphatic hydroxyl groups is 1. The molecule has 12 heavy (non-hydrogen) atoms. The van der Waals surface area contributed by atoms with Gasteiger partial charge in [-0.15, -0.1) is 0 Å². The van der Waals surface area contributed by atoms with Crippen molar-refractivity contribution >= 4 is 0 Å². The van der Waals surface area contributed by atoms with Crippen molar-refractivity contribution in [3.63, 3.8) is 0 Å². The Bertz CT molecular complexity index is 85.8. The van der Waals surface area contributed by atoms with Crippen LogP contribution in [0.1, 0.15) is 33.6 Å². The van der Waals surface area contributed by atoms with Gasteiger partial charge >= 0.3 is 0 Å². The van der Waals surface area contributed by atoms with Crippen LogP contribution in [0.4, 0.5) is 0 Å². The highest BCUT2D eigenvalue weighted by molar-refractivity contribution is 4.70. The van der Waals surface area contributed by atoms with Gasteiger partial charge in [0, 0.05) is 13.2 Å². The molecule has 0 aromatic heterocycles. The van der Waals surface area contributed by atoms with Gasteiger partial charge in [0.25, 0.3) is 0 Å². The van der Waals surface area contributed by atoms with Crippen LogP contribution in [0, 0.1) is 5.92 Å². The predicted molar refractivity (Wildman–Crippen MR) is 53.3 cm³/mol. The Morgan fingerprint density at radius 1 is 1.42 bits per heavy atom. The lowest BCUT2D eigenvalue weighted by Gasteiger charge is -2.30. The molecule has 2 nitrogen and oxygen atoms in total. The zero-order valence-electron chi connectivity index (χ0n) is 8.71. The molecule has 1 aliphatic rings. The van der Waals surface area contributed by atoms with Gasteiger partial charge in [-0.3, -0.25) is 0 Å². The maximum atomic E-state index is 8.88. The summed E-state index contributed by atoms with van der Waals surface area (Å²) in [5.41, 5.74) is 0. The first-order valence-corrected chi connectivity index (χ1v) is 5.20. The molecule has 74 valence electrons. The maximum Gasteiger partial charge on any atom is 0.0471 e. The number of hydrogen-bond donors (Lipinski definition) is 1. The van der Waals surface area contributed by atoms with Gasteiger partial charge in [-0.1, -0.05) is 20.8 Å². The number of aliphatic hydroxyl groups excluding tert-OH is 1. The quantitative estimate of drug-likeness (QED) is 0.687. The molecule has 0 aromatic rings. The number of likely N-dealkylation sites (tertiary alicyclic amines) is 1. The van der Waals surface area contributed by atoms with Crippen LogP contribution in [-0.2, 0) is 0 Å². The average Bonchev–Trinajstić information content (AvgIpc) is 2.21. The van der Waals surface area contributed by atoms with Crippen LogP contribution in [0.2, 0.25) is 0 Å². The molecule has 1 unspecified atom stereocenters. The second-order valence-electron chi connectivity index (χ2n) is 3.08. The van der Waals surface area contributed by atoms with Gasteiger partial charge in [0.2, 0.25) is 0 Å². The van der Waals surface area contributed by atoms with Crippen molar-refractivity contribution in [2.24, 2.45) is 5.92 Å². The SMILES string of the molecule is CC.CCN1CCCC(CO)C1. The van der Waals surface area contributed by atoms with Gasteiger partial charge in [-0.25, -0.2) is 0 Å². The van der Waals surface area contributed by atoms with E-state index in [4.69, 9.17) is 5.11 Å². The van der Waals surface area contributed by atoms with Crippen LogP contribution in [0.5, 0.6) is 0 Å². The van der Waals surface area contributed by atoms with Gasteiger partial charge in [0.15, 0.2) is 0 Å². The van der Waals surface area contributed by atoms with Crippen LogP contribution in [-0.4, -0.2) is 36.2 Å². The summed E-state index contributed by atoms with van der Waals surface area (Å²) in [4.78, 5) is 2.41. The molecule has 1 atom stereocenters. The minimum atomic E-state index is 0.372. The highest BCUT2D eigenvalue weighted by Gasteiger charge is 2.16. The molecule has 0 aliphatic carbocycles. The smallest absolute Gasteiger partial charge is 0.0471 e. The van der Waals surface area contributed by atoms with Crippen molar-refractivity contribution in [1.29, 1.82) is 0 Å². The molecule has 1 aliphatic heterocycles. The molecule has 1 rings (SSSR count). The Labute approximate surface area is 76.6 Å². The minimum absolute atomic E-state index is 0.372. The summed E-state index contributed by atoms with van der Waals surface area (Å²) in [5, 5.41) is 8.88.